The number of carboxylic acids is 1. The molecule has 1 saturated heterocycles. The Balaban J connectivity index is 2.25. The van der Waals surface area contributed by atoms with E-state index in [-0.39, 0.29) is 5.56 Å². The van der Waals surface area contributed by atoms with Gasteiger partial charge >= 0.3 is 5.97 Å². The van der Waals surface area contributed by atoms with Crippen LogP contribution in [0.15, 0.2) is 18.2 Å². The summed E-state index contributed by atoms with van der Waals surface area (Å²) in [5.41, 5.74) is -0.0398. The number of hydrogen-bond donors (Lipinski definition) is 1. The molecule has 1 amide bonds. The summed E-state index contributed by atoms with van der Waals surface area (Å²) < 4.78 is 25.8. The molecule has 1 aromatic rings. The lowest BCUT2D eigenvalue weighted by atomic mass is 10.1. The van der Waals surface area contributed by atoms with Crippen molar-refractivity contribution in [3.8, 4) is 0 Å². The van der Waals surface area contributed by atoms with Crippen molar-refractivity contribution in [2.24, 2.45) is 0 Å². The quantitative estimate of drug-likeness (QED) is 0.874. The van der Waals surface area contributed by atoms with E-state index < -0.39 is 29.6 Å². The molecule has 0 aliphatic carbocycles. The maximum absolute atomic E-state index is 13.0. The molecule has 0 unspecified atom stereocenters. The van der Waals surface area contributed by atoms with Crippen LogP contribution in [0.5, 0.6) is 0 Å². The van der Waals surface area contributed by atoms with Crippen molar-refractivity contribution in [3.63, 3.8) is 0 Å². The van der Waals surface area contributed by atoms with Gasteiger partial charge in [-0.3, -0.25) is 4.79 Å². The molecule has 0 spiro atoms. The Morgan fingerprint density at radius 3 is 2.61 bits per heavy atom. The number of carbonyl (C=O) groups is 2. The third-order valence-corrected chi connectivity index (χ3v) is 2.97. The first-order valence-electron chi connectivity index (χ1n) is 5.49. The molecule has 1 aromatic carbocycles. The number of carbonyl (C=O) groups excluding carboxylic acids is 1. The van der Waals surface area contributed by atoms with Crippen molar-refractivity contribution < 1.29 is 23.5 Å². The van der Waals surface area contributed by atoms with Crippen molar-refractivity contribution in [2.45, 2.75) is 18.9 Å². The van der Waals surface area contributed by atoms with Crippen LogP contribution in [0.1, 0.15) is 23.2 Å². The second-order valence-corrected chi connectivity index (χ2v) is 4.12. The Morgan fingerprint density at radius 2 is 2.00 bits per heavy atom. The first-order chi connectivity index (χ1) is 8.50. The number of aliphatic carboxylic acids is 1. The maximum atomic E-state index is 13.0. The number of nitrogens with zero attached hydrogens (tertiary/aromatic N) is 1. The summed E-state index contributed by atoms with van der Waals surface area (Å²) in [6.07, 6.45) is 0.969. The fourth-order valence-corrected chi connectivity index (χ4v) is 2.06. The molecule has 2 rings (SSSR count). The maximum Gasteiger partial charge on any atom is 0.326 e. The molecule has 1 heterocycles. The van der Waals surface area contributed by atoms with Gasteiger partial charge in [0.25, 0.3) is 5.91 Å². The van der Waals surface area contributed by atoms with Crippen LogP contribution in [-0.4, -0.2) is 34.5 Å². The molecular weight excluding hydrogens is 244 g/mol. The number of rotatable bonds is 2. The van der Waals surface area contributed by atoms with Crippen molar-refractivity contribution in [1.29, 1.82) is 0 Å². The fraction of sp³-hybridized carbons (Fsp3) is 0.333. The number of carboxylic acid groups (broad SMARTS) is 1. The minimum absolute atomic E-state index is 0.0398. The molecule has 1 aliphatic rings. The highest BCUT2D eigenvalue weighted by Crippen LogP contribution is 2.21. The number of benzene rings is 1. The van der Waals surface area contributed by atoms with Crippen molar-refractivity contribution in [2.75, 3.05) is 6.54 Å². The predicted molar refractivity (Wildman–Crippen MR) is 58.1 cm³/mol. The lowest BCUT2D eigenvalue weighted by Crippen LogP contribution is -2.40. The minimum atomic E-state index is -1.12. The Morgan fingerprint density at radius 1 is 1.28 bits per heavy atom. The molecule has 0 radical (unpaired) electrons. The highest BCUT2D eigenvalue weighted by molar-refractivity contribution is 5.96. The fourth-order valence-electron chi connectivity index (χ4n) is 2.06. The normalized spacial score (nSPS) is 19.0. The van der Waals surface area contributed by atoms with E-state index in [0.717, 1.165) is 18.2 Å². The van der Waals surface area contributed by atoms with Crippen LogP contribution >= 0.6 is 0 Å². The van der Waals surface area contributed by atoms with Crippen LogP contribution in [0.3, 0.4) is 0 Å². The lowest BCUT2D eigenvalue weighted by Gasteiger charge is -2.21. The zero-order valence-electron chi connectivity index (χ0n) is 9.40. The first-order valence-corrected chi connectivity index (χ1v) is 5.49. The third-order valence-electron chi connectivity index (χ3n) is 2.97. The topological polar surface area (TPSA) is 57.6 Å². The van der Waals surface area contributed by atoms with E-state index in [2.05, 4.69) is 0 Å². The first kappa shape index (κ1) is 12.5. The standard InChI is InChI=1S/C12H11F2NO3/c13-8-4-3-7(6-9(8)14)11(16)15-5-1-2-10(15)12(17)18/h3-4,6,10H,1-2,5H2,(H,17,18)/t10-/m0/s1. The Kier molecular flexibility index (Phi) is 3.27. The van der Waals surface area contributed by atoms with E-state index >= 15 is 0 Å². The van der Waals surface area contributed by atoms with E-state index in [1.807, 2.05) is 0 Å². The van der Waals surface area contributed by atoms with Gasteiger partial charge in [0, 0.05) is 12.1 Å². The van der Waals surface area contributed by atoms with Crippen molar-refractivity contribution in [3.05, 3.63) is 35.4 Å². The van der Waals surface area contributed by atoms with E-state index in [4.69, 9.17) is 5.11 Å². The average molecular weight is 255 g/mol. The van der Waals surface area contributed by atoms with Crippen LogP contribution in [0.25, 0.3) is 0 Å². The van der Waals surface area contributed by atoms with Crippen LogP contribution in [0.4, 0.5) is 8.78 Å². The Bertz CT molecular complexity index is 504. The van der Waals surface area contributed by atoms with Gasteiger partial charge in [0.05, 0.1) is 0 Å². The molecule has 96 valence electrons. The van der Waals surface area contributed by atoms with Gasteiger partial charge in [-0.1, -0.05) is 0 Å². The summed E-state index contributed by atoms with van der Waals surface area (Å²) in [5.74, 6) is -3.82. The summed E-state index contributed by atoms with van der Waals surface area (Å²) >= 11 is 0. The molecule has 0 bridgehead atoms. The zero-order valence-corrected chi connectivity index (χ0v) is 9.40. The summed E-state index contributed by atoms with van der Waals surface area (Å²) in [6, 6.07) is 1.91. The van der Waals surface area contributed by atoms with Gasteiger partial charge in [-0.25, -0.2) is 13.6 Å². The average Bonchev–Trinajstić information content (AvgIpc) is 2.81. The van der Waals surface area contributed by atoms with Gasteiger partial charge in [-0.05, 0) is 31.0 Å². The molecule has 0 saturated carbocycles. The lowest BCUT2D eigenvalue weighted by molar-refractivity contribution is -0.141. The molecule has 1 N–H and O–H groups in total. The molecule has 6 heteroatoms. The number of halogens is 2. The largest absolute Gasteiger partial charge is 0.480 e. The SMILES string of the molecule is O=C(O)[C@@H]1CCCN1C(=O)c1ccc(F)c(F)c1. The van der Waals surface area contributed by atoms with Gasteiger partial charge in [0.15, 0.2) is 11.6 Å². The minimum Gasteiger partial charge on any atom is -0.480 e. The zero-order chi connectivity index (χ0) is 13.3. The van der Waals surface area contributed by atoms with E-state index in [1.54, 1.807) is 0 Å². The van der Waals surface area contributed by atoms with Crippen LogP contribution in [-0.2, 0) is 4.79 Å². The van der Waals surface area contributed by atoms with E-state index in [1.165, 1.54) is 4.90 Å². The van der Waals surface area contributed by atoms with Gasteiger partial charge in [0.2, 0.25) is 0 Å². The van der Waals surface area contributed by atoms with Gasteiger partial charge in [-0.15, -0.1) is 0 Å². The van der Waals surface area contributed by atoms with E-state index in [0.29, 0.717) is 19.4 Å². The van der Waals surface area contributed by atoms with Gasteiger partial charge in [-0.2, -0.15) is 0 Å². The molecule has 1 fully saturated rings. The third kappa shape index (κ3) is 2.18. The molecule has 1 atom stereocenters. The number of amides is 1. The molecule has 18 heavy (non-hydrogen) atoms. The Labute approximate surface area is 102 Å². The van der Waals surface area contributed by atoms with Gasteiger partial charge < -0.3 is 10.0 Å². The second-order valence-electron chi connectivity index (χ2n) is 4.12. The highest BCUT2D eigenvalue weighted by atomic mass is 19.2. The number of hydrogen-bond acceptors (Lipinski definition) is 2. The second kappa shape index (κ2) is 4.72. The van der Waals surface area contributed by atoms with Gasteiger partial charge in [0.1, 0.15) is 6.04 Å². The summed E-state index contributed by atoms with van der Waals surface area (Å²) in [5, 5.41) is 8.95. The molecule has 4 nitrogen and oxygen atoms in total. The highest BCUT2D eigenvalue weighted by Gasteiger charge is 2.34. The van der Waals surface area contributed by atoms with Crippen LogP contribution in [0.2, 0.25) is 0 Å². The Hall–Kier alpha value is -1.98. The molecular formula is C12H11F2NO3. The van der Waals surface area contributed by atoms with Crippen molar-refractivity contribution in [1.82, 2.24) is 4.90 Å². The summed E-state index contributed by atoms with van der Waals surface area (Å²) in [6.45, 7) is 0.314. The monoisotopic (exact) mass is 255 g/mol. The van der Waals surface area contributed by atoms with Crippen molar-refractivity contribution >= 4 is 11.9 Å². The molecule has 0 aromatic heterocycles. The molecule has 1 aliphatic heterocycles. The van der Waals surface area contributed by atoms with E-state index in [9.17, 15) is 18.4 Å². The number of likely N-dealkylation sites (tertiary alicyclic amines) is 1. The smallest absolute Gasteiger partial charge is 0.326 e. The van der Waals surface area contributed by atoms with Crippen LogP contribution in [0, 0.1) is 11.6 Å². The summed E-state index contributed by atoms with van der Waals surface area (Å²) in [4.78, 5) is 24.1. The van der Waals surface area contributed by atoms with Crippen LogP contribution < -0.4 is 0 Å². The summed E-state index contributed by atoms with van der Waals surface area (Å²) in [7, 11) is 0. The predicted octanol–water partition coefficient (Wildman–Crippen LogP) is 1.65.